The van der Waals surface area contributed by atoms with Crippen LogP contribution in [0.1, 0.15) is 28.1 Å². The molecule has 0 atom stereocenters. The summed E-state index contributed by atoms with van der Waals surface area (Å²) >= 11 is 0. The van der Waals surface area contributed by atoms with E-state index in [9.17, 15) is 14.9 Å². The van der Waals surface area contributed by atoms with E-state index >= 15 is 0 Å². The van der Waals surface area contributed by atoms with Crippen molar-refractivity contribution >= 4 is 17.3 Å². The predicted molar refractivity (Wildman–Crippen MR) is 121 cm³/mol. The topological polar surface area (TPSA) is 93.3 Å². The molecule has 2 aromatic carbocycles. The number of hydrogen-bond acceptors (Lipinski definition) is 5. The molecule has 0 fully saturated rings. The molecule has 3 rings (SSSR count). The van der Waals surface area contributed by atoms with Gasteiger partial charge in [-0.3, -0.25) is 19.8 Å². The Morgan fingerprint density at radius 2 is 1.81 bits per heavy atom. The molecule has 1 N–H and O–H groups in total. The van der Waals surface area contributed by atoms with Crippen molar-refractivity contribution in [2.75, 3.05) is 18.9 Å². The van der Waals surface area contributed by atoms with E-state index in [-0.39, 0.29) is 23.8 Å². The summed E-state index contributed by atoms with van der Waals surface area (Å²) in [6.07, 6.45) is 0. The number of carbonyl (C=O) groups is 1. The van der Waals surface area contributed by atoms with Gasteiger partial charge in [-0.1, -0.05) is 24.3 Å². The standard InChI is InChI=1S/C23H27N5O3/c1-15-11-12-21(28(30)31)23(16(15)2)24-22(29)14-26(5)13-20-17(3)25-27(18(20)4)19-9-7-6-8-10-19/h6-12H,13-14H2,1-5H3,(H,24,29). The average molecular weight is 422 g/mol. The van der Waals surface area contributed by atoms with E-state index in [1.54, 1.807) is 13.0 Å². The molecule has 162 valence electrons. The van der Waals surface area contributed by atoms with Crippen molar-refractivity contribution < 1.29 is 9.72 Å². The number of amides is 1. The molecule has 0 aliphatic heterocycles. The molecule has 8 heteroatoms. The highest BCUT2D eigenvalue weighted by atomic mass is 16.6. The third-order valence-electron chi connectivity index (χ3n) is 5.46. The number of rotatable bonds is 7. The van der Waals surface area contributed by atoms with Gasteiger partial charge in [0.2, 0.25) is 5.91 Å². The zero-order chi connectivity index (χ0) is 22.7. The molecule has 1 aromatic heterocycles. The second kappa shape index (κ2) is 9.09. The number of anilines is 1. The van der Waals surface area contributed by atoms with E-state index in [1.807, 2.05) is 67.7 Å². The van der Waals surface area contributed by atoms with Crippen molar-refractivity contribution in [3.8, 4) is 5.69 Å². The highest BCUT2D eigenvalue weighted by Crippen LogP contribution is 2.30. The largest absolute Gasteiger partial charge is 0.319 e. The number of aryl methyl sites for hydroxylation is 2. The van der Waals surface area contributed by atoms with Gasteiger partial charge in [0.1, 0.15) is 5.69 Å². The second-order valence-electron chi connectivity index (χ2n) is 7.78. The van der Waals surface area contributed by atoms with Gasteiger partial charge in [-0.05, 0) is 58.0 Å². The van der Waals surface area contributed by atoms with Gasteiger partial charge >= 0.3 is 0 Å². The van der Waals surface area contributed by atoms with Gasteiger partial charge in [0.15, 0.2) is 0 Å². The fraction of sp³-hybridized carbons (Fsp3) is 0.304. The number of nitro groups is 1. The zero-order valence-electron chi connectivity index (χ0n) is 18.5. The first-order valence-corrected chi connectivity index (χ1v) is 10.0. The fourth-order valence-corrected chi connectivity index (χ4v) is 3.59. The number of para-hydroxylation sites is 1. The SMILES string of the molecule is Cc1ccc([N+](=O)[O-])c(NC(=O)CN(C)Cc2c(C)nn(-c3ccccc3)c2C)c1C. The minimum Gasteiger partial charge on any atom is -0.319 e. The summed E-state index contributed by atoms with van der Waals surface area (Å²) in [5.74, 6) is -0.301. The summed E-state index contributed by atoms with van der Waals surface area (Å²) < 4.78 is 1.90. The van der Waals surface area contributed by atoms with Crippen LogP contribution in [0, 0.1) is 37.8 Å². The van der Waals surface area contributed by atoms with Gasteiger partial charge in [0, 0.05) is 23.9 Å². The number of nitrogens with one attached hydrogen (secondary N) is 1. The third-order valence-corrected chi connectivity index (χ3v) is 5.46. The van der Waals surface area contributed by atoms with E-state index in [1.165, 1.54) is 6.07 Å². The fourth-order valence-electron chi connectivity index (χ4n) is 3.59. The Morgan fingerprint density at radius 1 is 1.13 bits per heavy atom. The van der Waals surface area contributed by atoms with E-state index in [0.29, 0.717) is 12.1 Å². The maximum Gasteiger partial charge on any atom is 0.293 e. The third kappa shape index (κ3) is 4.80. The Labute approximate surface area is 181 Å². The number of carbonyl (C=O) groups excluding carboxylic acids is 1. The lowest BCUT2D eigenvalue weighted by Gasteiger charge is -2.18. The molecule has 0 aliphatic rings. The number of hydrogen-bond donors (Lipinski definition) is 1. The molecular formula is C23H27N5O3. The first-order chi connectivity index (χ1) is 14.7. The van der Waals surface area contributed by atoms with Crippen molar-refractivity contribution in [1.29, 1.82) is 0 Å². The van der Waals surface area contributed by atoms with Crippen LogP contribution in [0.15, 0.2) is 42.5 Å². The van der Waals surface area contributed by atoms with E-state index in [2.05, 4.69) is 10.4 Å². The lowest BCUT2D eigenvalue weighted by atomic mass is 10.1. The van der Waals surface area contributed by atoms with Crippen LogP contribution in [0.4, 0.5) is 11.4 Å². The quantitative estimate of drug-likeness (QED) is 0.458. The Bertz CT molecular complexity index is 1120. The Morgan fingerprint density at radius 3 is 2.45 bits per heavy atom. The number of aromatic nitrogens is 2. The highest BCUT2D eigenvalue weighted by Gasteiger charge is 2.21. The molecule has 0 radical (unpaired) electrons. The monoisotopic (exact) mass is 421 g/mol. The Hall–Kier alpha value is -3.52. The summed E-state index contributed by atoms with van der Waals surface area (Å²) in [6.45, 7) is 8.22. The molecule has 0 saturated heterocycles. The summed E-state index contributed by atoms with van der Waals surface area (Å²) in [6, 6.07) is 13.0. The first kappa shape index (κ1) is 22.2. The lowest BCUT2D eigenvalue weighted by molar-refractivity contribution is -0.384. The summed E-state index contributed by atoms with van der Waals surface area (Å²) in [5.41, 5.74) is 5.69. The lowest BCUT2D eigenvalue weighted by Crippen LogP contribution is -2.30. The first-order valence-electron chi connectivity index (χ1n) is 10.0. The van der Waals surface area contributed by atoms with Crippen LogP contribution >= 0.6 is 0 Å². The molecule has 0 unspecified atom stereocenters. The van der Waals surface area contributed by atoms with Crippen molar-refractivity contribution in [1.82, 2.24) is 14.7 Å². The molecule has 3 aromatic rings. The van der Waals surface area contributed by atoms with Gasteiger partial charge in [0.05, 0.1) is 22.8 Å². The number of benzene rings is 2. The number of nitrogens with zero attached hydrogens (tertiary/aromatic N) is 4. The van der Waals surface area contributed by atoms with Crippen LogP contribution in [0.3, 0.4) is 0 Å². The second-order valence-corrected chi connectivity index (χ2v) is 7.78. The van der Waals surface area contributed by atoms with Crippen molar-refractivity contribution in [2.45, 2.75) is 34.2 Å². The molecular weight excluding hydrogens is 394 g/mol. The smallest absolute Gasteiger partial charge is 0.293 e. The number of nitro benzene ring substituents is 1. The molecule has 0 bridgehead atoms. The van der Waals surface area contributed by atoms with Gasteiger partial charge < -0.3 is 5.32 Å². The molecule has 1 amide bonds. The summed E-state index contributed by atoms with van der Waals surface area (Å²) in [7, 11) is 1.84. The van der Waals surface area contributed by atoms with Crippen LogP contribution in [-0.2, 0) is 11.3 Å². The molecule has 8 nitrogen and oxygen atoms in total. The van der Waals surface area contributed by atoms with Crippen LogP contribution in [0.2, 0.25) is 0 Å². The predicted octanol–water partition coefficient (Wildman–Crippen LogP) is 4.08. The number of likely N-dealkylation sites (N-methyl/N-ethyl adjacent to an activating group) is 1. The zero-order valence-corrected chi connectivity index (χ0v) is 18.5. The maximum atomic E-state index is 12.7. The highest BCUT2D eigenvalue weighted by molar-refractivity contribution is 5.95. The van der Waals surface area contributed by atoms with Crippen molar-refractivity contribution in [2.24, 2.45) is 0 Å². The van der Waals surface area contributed by atoms with E-state index in [0.717, 1.165) is 28.2 Å². The van der Waals surface area contributed by atoms with Crippen molar-refractivity contribution in [3.63, 3.8) is 0 Å². The van der Waals surface area contributed by atoms with Crippen LogP contribution in [0.25, 0.3) is 5.69 Å². The normalized spacial score (nSPS) is 11.0. The molecule has 0 aliphatic carbocycles. The minimum absolute atomic E-state index is 0.0972. The molecule has 31 heavy (non-hydrogen) atoms. The van der Waals surface area contributed by atoms with Gasteiger partial charge in [-0.25, -0.2) is 4.68 Å². The molecule has 1 heterocycles. The molecule has 0 spiro atoms. The average Bonchev–Trinajstić information content (AvgIpc) is 3.00. The Kier molecular flexibility index (Phi) is 6.50. The van der Waals surface area contributed by atoms with E-state index < -0.39 is 4.92 Å². The van der Waals surface area contributed by atoms with Crippen molar-refractivity contribution in [3.05, 3.63) is 80.7 Å². The summed E-state index contributed by atoms with van der Waals surface area (Å²) in [5, 5.41) is 18.7. The maximum absolute atomic E-state index is 12.7. The van der Waals surface area contributed by atoms with Gasteiger partial charge in [-0.15, -0.1) is 0 Å². The van der Waals surface area contributed by atoms with E-state index in [4.69, 9.17) is 0 Å². The van der Waals surface area contributed by atoms with Gasteiger partial charge in [-0.2, -0.15) is 5.10 Å². The summed E-state index contributed by atoms with van der Waals surface area (Å²) in [4.78, 5) is 25.4. The Balaban J connectivity index is 1.73. The van der Waals surface area contributed by atoms with Crippen LogP contribution < -0.4 is 5.32 Å². The van der Waals surface area contributed by atoms with Crippen LogP contribution in [0.5, 0.6) is 0 Å². The van der Waals surface area contributed by atoms with Gasteiger partial charge in [0.25, 0.3) is 5.69 Å². The minimum atomic E-state index is -0.476. The molecule has 0 saturated carbocycles. The van der Waals surface area contributed by atoms with Crippen LogP contribution in [-0.4, -0.2) is 39.1 Å².